The zero-order valence-electron chi connectivity index (χ0n) is 14.7. The molecule has 0 amide bonds. The van der Waals surface area contributed by atoms with E-state index in [-0.39, 0.29) is 18.4 Å². The van der Waals surface area contributed by atoms with Crippen molar-refractivity contribution in [1.29, 1.82) is 0 Å². The summed E-state index contributed by atoms with van der Waals surface area (Å²) in [5, 5.41) is 11.0. The standard InChI is InChI=1S/C18H21F2N3O3/c1-25-16-13(10-21-17(22-16)26-2)18(24)6-8-23(9-7-18)11-12-4-3-5-14(19)15(12)20/h3-5,10,24H,6-9,11H2,1-2H3. The van der Waals surface area contributed by atoms with Crippen molar-refractivity contribution in [2.45, 2.75) is 25.0 Å². The van der Waals surface area contributed by atoms with Gasteiger partial charge in [0.1, 0.15) is 0 Å². The maximum Gasteiger partial charge on any atom is 0.319 e. The van der Waals surface area contributed by atoms with Gasteiger partial charge in [0.25, 0.3) is 0 Å². The molecule has 1 saturated heterocycles. The summed E-state index contributed by atoms with van der Waals surface area (Å²) in [4.78, 5) is 10.1. The number of halogens is 2. The Morgan fingerprint density at radius 2 is 1.92 bits per heavy atom. The number of piperidine rings is 1. The quantitative estimate of drug-likeness (QED) is 0.877. The largest absolute Gasteiger partial charge is 0.481 e. The lowest BCUT2D eigenvalue weighted by molar-refractivity contribution is -0.0302. The number of hydrogen-bond donors (Lipinski definition) is 1. The Morgan fingerprint density at radius 3 is 2.58 bits per heavy atom. The molecule has 1 aliphatic rings. The second-order valence-electron chi connectivity index (χ2n) is 6.30. The highest BCUT2D eigenvalue weighted by Crippen LogP contribution is 2.37. The summed E-state index contributed by atoms with van der Waals surface area (Å²) in [6.45, 7) is 1.32. The highest BCUT2D eigenvalue weighted by molar-refractivity contribution is 5.32. The number of rotatable bonds is 5. The van der Waals surface area contributed by atoms with Gasteiger partial charge >= 0.3 is 6.01 Å². The average Bonchev–Trinajstić information content (AvgIpc) is 2.66. The van der Waals surface area contributed by atoms with Crippen LogP contribution >= 0.6 is 0 Å². The first kappa shape index (κ1) is 18.5. The van der Waals surface area contributed by atoms with E-state index in [9.17, 15) is 13.9 Å². The molecule has 1 fully saturated rings. The molecule has 0 radical (unpaired) electrons. The van der Waals surface area contributed by atoms with Crippen molar-refractivity contribution >= 4 is 0 Å². The minimum atomic E-state index is -1.14. The van der Waals surface area contributed by atoms with Crippen LogP contribution in [0, 0.1) is 11.6 Å². The number of ether oxygens (including phenoxy) is 2. The molecule has 0 bridgehead atoms. The molecular formula is C18H21F2N3O3. The van der Waals surface area contributed by atoms with Gasteiger partial charge in [-0.05, 0) is 18.9 Å². The van der Waals surface area contributed by atoms with Gasteiger partial charge in [-0.2, -0.15) is 4.98 Å². The second-order valence-corrected chi connectivity index (χ2v) is 6.30. The van der Waals surface area contributed by atoms with Gasteiger partial charge < -0.3 is 14.6 Å². The predicted octanol–water partition coefficient (Wildman–Crippen LogP) is 2.26. The lowest BCUT2D eigenvalue weighted by Crippen LogP contribution is -2.42. The van der Waals surface area contributed by atoms with Gasteiger partial charge in [-0.25, -0.2) is 13.8 Å². The minimum absolute atomic E-state index is 0.160. The van der Waals surface area contributed by atoms with E-state index >= 15 is 0 Å². The number of nitrogens with zero attached hydrogens (tertiary/aromatic N) is 3. The van der Waals surface area contributed by atoms with Crippen LogP contribution in [-0.2, 0) is 12.1 Å². The fourth-order valence-corrected chi connectivity index (χ4v) is 3.19. The van der Waals surface area contributed by atoms with E-state index in [1.54, 1.807) is 6.07 Å². The van der Waals surface area contributed by atoms with Crippen molar-refractivity contribution in [3.05, 3.63) is 47.2 Å². The molecule has 0 spiro atoms. The molecule has 26 heavy (non-hydrogen) atoms. The van der Waals surface area contributed by atoms with Crippen LogP contribution in [0.2, 0.25) is 0 Å². The summed E-state index contributed by atoms with van der Waals surface area (Å²) in [7, 11) is 2.92. The topological polar surface area (TPSA) is 67.7 Å². The molecule has 2 heterocycles. The van der Waals surface area contributed by atoms with Crippen molar-refractivity contribution in [2.75, 3.05) is 27.3 Å². The lowest BCUT2D eigenvalue weighted by atomic mass is 9.85. The molecule has 6 nitrogen and oxygen atoms in total. The van der Waals surface area contributed by atoms with Gasteiger partial charge in [-0.3, -0.25) is 4.90 Å². The summed E-state index contributed by atoms with van der Waals surface area (Å²) < 4.78 is 37.4. The second kappa shape index (κ2) is 7.51. The number of aliphatic hydroxyl groups is 1. The van der Waals surface area contributed by atoms with Gasteiger partial charge in [-0.15, -0.1) is 0 Å². The van der Waals surface area contributed by atoms with Crippen LogP contribution in [0.25, 0.3) is 0 Å². The van der Waals surface area contributed by atoms with Gasteiger partial charge in [0.2, 0.25) is 5.88 Å². The van der Waals surface area contributed by atoms with E-state index in [2.05, 4.69) is 9.97 Å². The van der Waals surface area contributed by atoms with Gasteiger partial charge in [0.05, 0.1) is 25.4 Å². The molecule has 0 atom stereocenters. The molecule has 1 N–H and O–H groups in total. The normalized spacial score (nSPS) is 17.1. The first-order chi connectivity index (χ1) is 12.5. The van der Waals surface area contributed by atoms with E-state index < -0.39 is 17.2 Å². The summed E-state index contributed by atoms with van der Waals surface area (Å²) in [5.41, 5.74) is -0.340. The van der Waals surface area contributed by atoms with Crippen molar-refractivity contribution < 1.29 is 23.4 Å². The molecule has 1 aliphatic heterocycles. The first-order valence-corrected chi connectivity index (χ1v) is 8.30. The first-order valence-electron chi connectivity index (χ1n) is 8.30. The van der Waals surface area contributed by atoms with E-state index in [4.69, 9.17) is 9.47 Å². The molecular weight excluding hydrogens is 344 g/mol. The number of likely N-dealkylation sites (tertiary alicyclic amines) is 1. The molecule has 140 valence electrons. The predicted molar refractivity (Wildman–Crippen MR) is 89.9 cm³/mol. The van der Waals surface area contributed by atoms with E-state index in [0.29, 0.717) is 37.1 Å². The maximum atomic E-state index is 13.8. The third kappa shape index (κ3) is 3.61. The van der Waals surface area contributed by atoms with Crippen LogP contribution in [0.1, 0.15) is 24.0 Å². The Labute approximate surface area is 150 Å². The molecule has 1 aromatic heterocycles. The van der Waals surface area contributed by atoms with Crippen LogP contribution < -0.4 is 9.47 Å². The van der Waals surface area contributed by atoms with Crippen LogP contribution in [0.3, 0.4) is 0 Å². The highest BCUT2D eigenvalue weighted by atomic mass is 19.2. The smallest absolute Gasteiger partial charge is 0.319 e. The van der Waals surface area contributed by atoms with Gasteiger partial charge in [-0.1, -0.05) is 12.1 Å². The van der Waals surface area contributed by atoms with E-state index in [1.165, 1.54) is 26.5 Å². The fourth-order valence-electron chi connectivity index (χ4n) is 3.19. The molecule has 8 heteroatoms. The number of methoxy groups -OCH3 is 2. The minimum Gasteiger partial charge on any atom is -0.481 e. The Kier molecular flexibility index (Phi) is 5.33. The molecule has 1 aromatic carbocycles. The number of benzene rings is 1. The average molecular weight is 365 g/mol. The third-order valence-corrected chi connectivity index (χ3v) is 4.72. The Morgan fingerprint density at radius 1 is 1.19 bits per heavy atom. The number of hydrogen-bond acceptors (Lipinski definition) is 6. The zero-order chi connectivity index (χ0) is 18.7. The van der Waals surface area contributed by atoms with Crippen molar-refractivity contribution in [3.63, 3.8) is 0 Å². The summed E-state index contributed by atoms with van der Waals surface area (Å²) in [6.07, 6.45) is 2.30. The summed E-state index contributed by atoms with van der Waals surface area (Å²) in [6, 6.07) is 4.32. The number of aromatic nitrogens is 2. The Hall–Kier alpha value is -2.32. The monoisotopic (exact) mass is 365 g/mol. The van der Waals surface area contributed by atoms with Crippen LogP contribution in [0.15, 0.2) is 24.4 Å². The van der Waals surface area contributed by atoms with E-state index in [0.717, 1.165) is 6.07 Å². The van der Waals surface area contributed by atoms with Crippen LogP contribution in [0.5, 0.6) is 11.9 Å². The van der Waals surface area contributed by atoms with E-state index in [1.807, 2.05) is 4.90 Å². The lowest BCUT2D eigenvalue weighted by Gasteiger charge is -2.38. The third-order valence-electron chi connectivity index (χ3n) is 4.72. The molecule has 2 aromatic rings. The van der Waals surface area contributed by atoms with Crippen LogP contribution in [0.4, 0.5) is 8.78 Å². The van der Waals surface area contributed by atoms with Crippen molar-refractivity contribution in [3.8, 4) is 11.9 Å². The highest BCUT2D eigenvalue weighted by Gasteiger charge is 2.37. The zero-order valence-corrected chi connectivity index (χ0v) is 14.7. The Bertz CT molecular complexity index is 780. The summed E-state index contributed by atoms with van der Waals surface area (Å²) >= 11 is 0. The van der Waals surface area contributed by atoms with Gasteiger partial charge in [0, 0.05) is 31.4 Å². The van der Waals surface area contributed by atoms with Crippen molar-refractivity contribution in [1.82, 2.24) is 14.9 Å². The molecule has 3 rings (SSSR count). The summed E-state index contributed by atoms with van der Waals surface area (Å²) in [5.74, 6) is -1.40. The van der Waals surface area contributed by atoms with Crippen LogP contribution in [-0.4, -0.2) is 47.3 Å². The Balaban J connectivity index is 1.72. The maximum absolute atomic E-state index is 13.8. The molecule has 0 unspecified atom stereocenters. The van der Waals surface area contributed by atoms with Gasteiger partial charge in [0.15, 0.2) is 11.6 Å². The molecule has 0 saturated carbocycles. The fraction of sp³-hybridized carbons (Fsp3) is 0.444. The SMILES string of the molecule is COc1ncc(C2(O)CCN(Cc3cccc(F)c3F)CC2)c(OC)n1. The molecule has 0 aliphatic carbocycles. The van der Waals surface area contributed by atoms with Crippen molar-refractivity contribution in [2.24, 2.45) is 0 Å².